The van der Waals surface area contributed by atoms with E-state index in [1.54, 1.807) is 0 Å². The molecule has 0 spiro atoms. The second-order valence-electron chi connectivity index (χ2n) is 6.49. The van der Waals surface area contributed by atoms with Gasteiger partial charge >= 0.3 is 15.6 Å². The summed E-state index contributed by atoms with van der Waals surface area (Å²) < 4.78 is 37.7. The minimum atomic E-state index is -5.13. The van der Waals surface area contributed by atoms with Crippen molar-refractivity contribution in [1.82, 2.24) is 5.06 Å². The number of hydrogen-bond donors (Lipinski definition) is 4. The van der Waals surface area contributed by atoms with Gasteiger partial charge in [0.2, 0.25) is 0 Å². The normalized spacial score (nSPS) is 14.5. The van der Waals surface area contributed by atoms with E-state index in [1.165, 1.54) is 38.5 Å². The molecule has 0 fully saturated rings. The summed E-state index contributed by atoms with van der Waals surface area (Å²) in [6.45, 7) is 1.09. The minimum Gasteiger partial charge on any atom is -0.395 e. The average Bonchev–Trinajstić information content (AvgIpc) is 2.58. The zero-order valence-electron chi connectivity index (χ0n) is 16.8. The van der Waals surface area contributed by atoms with Crippen LogP contribution < -0.4 is 0 Å². The van der Waals surface area contributed by atoms with Crippen molar-refractivity contribution in [1.29, 1.82) is 0 Å². The first-order valence-corrected chi connectivity index (χ1v) is 12.9. The van der Waals surface area contributed by atoms with Gasteiger partial charge in [0, 0.05) is 13.1 Å². The molecular formula is C16H37NO9P2. The van der Waals surface area contributed by atoms with Crippen LogP contribution in [-0.4, -0.2) is 58.0 Å². The fourth-order valence-electron chi connectivity index (χ4n) is 2.52. The lowest BCUT2D eigenvalue weighted by atomic mass is 10.1. The summed E-state index contributed by atoms with van der Waals surface area (Å²) in [5, 5.41) is 18.8. The van der Waals surface area contributed by atoms with Crippen molar-refractivity contribution in [3.8, 4) is 0 Å². The summed E-state index contributed by atoms with van der Waals surface area (Å²) in [6.07, 6.45) is 10.9. The van der Waals surface area contributed by atoms with Gasteiger partial charge in [0.15, 0.2) is 0 Å². The Morgan fingerprint density at radius 2 is 1.25 bits per heavy atom. The quantitative estimate of drug-likeness (QED) is 0.124. The maximum Gasteiger partial charge on any atom is 0.500 e. The first-order chi connectivity index (χ1) is 13.3. The minimum absolute atomic E-state index is 0.0557. The average molecular weight is 449 g/mol. The van der Waals surface area contributed by atoms with E-state index in [1.807, 2.05) is 0 Å². The highest BCUT2D eigenvalue weighted by molar-refractivity contribution is 7.61. The van der Waals surface area contributed by atoms with Crippen LogP contribution in [0.3, 0.4) is 0 Å². The molecule has 12 heteroatoms. The predicted molar refractivity (Wildman–Crippen MR) is 105 cm³/mol. The Morgan fingerprint density at radius 3 is 1.68 bits per heavy atom. The van der Waals surface area contributed by atoms with Crippen LogP contribution in [0.15, 0.2) is 0 Å². The Hall–Kier alpha value is 0.140. The molecule has 170 valence electrons. The number of unbranched alkanes of at least 4 members (excludes halogenated alkanes) is 9. The van der Waals surface area contributed by atoms with Gasteiger partial charge < -0.3 is 20.0 Å². The van der Waals surface area contributed by atoms with Gasteiger partial charge in [-0.25, -0.2) is 9.13 Å². The number of hydroxylamine groups is 2. The fraction of sp³-hybridized carbons (Fsp3) is 1.00. The summed E-state index contributed by atoms with van der Waals surface area (Å²) in [6, 6.07) is 0. The van der Waals surface area contributed by atoms with Gasteiger partial charge in [-0.2, -0.15) is 14.0 Å². The lowest BCUT2D eigenvalue weighted by Crippen LogP contribution is -2.29. The van der Waals surface area contributed by atoms with Crippen molar-refractivity contribution in [2.75, 3.05) is 32.9 Å². The Bertz CT molecular complexity index is 455. The molecule has 4 N–H and O–H groups in total. The van der Waals surface area contributed by atoms with E-state index in [0.717, 1.165) is 24.3 Å². The molecule has 0 amide bonds. The van der Waals surface area contributed by atoms with Crippen molar-refractivity contribution in [3.05, 3.63) is 0 Å². The Labute approximate surface area is 168 Å². The van der Waals surface area contributed by atoms with E-state index in [4.69, 9.17) is 29.1 Å². The molecule has 0 rings (SSSR count). The summed E-state index contributed by atoms with van der Waals surface area (Å²) in [5.74, 6) is 0. The maximum absolute atomic E-state index is 12.5. The molecule has 0 aromatic rings. The Morgan fingerprint density at radius 1 is 0.786 bits per heavy atom. The fourth-order valence-corrected chi connectivity index (χ4v) is 4.71. The van der Waals surface area contributed by atoms with Gasteiger partial charge in [-0.3, -0.25) is 4.52 Å². The molecule has 0 aliphatic heterocycles. The summed E-state index contributed by atoms with van der Waals surface area (Å²) in [7, 11) is -9.72. The molecule has 10 nitrogen and oxygen atoms in total. The van der Waals surface area contributed by atoms with Crippen LogP contribution in [0.1, 0.15) is 71.1 Å². The molecule has 0 radical (unpaired) electrons. The van der Waals surface area contributed by atoms with Crippen LogP contribution in [0, 0.1) is 0 Å². The third-order valence-corrected chi connectivity index (χ3v) is 6.45. The van der Waals surface area contributed by atoms with E-state index in [9.17, 15) is 9.13 Å². The summed E-state index contributed by atoms with van der Waals surface area (Å²) >= 11 is 0. The van der Waals surface area contributed by atoms with Crippen molar-refractivity contribution in [3.63, 3.8) is 0 Å². The molecule has 1 unspecified atom stereocenters. The van der Waals surface area contributed by atoms with Gasteiger partial charge in [-0.15, -0.1) is 0 Å². The highest BCUT2D eigenvalue weighted by Gasteiger charge is 2.38. The number of aliphatic hydroxyl groups excluding tert-OH is 2. The lowest BCUT2D eigenvalue weighted by molar-refractivity contribution is -0.0993. The number of hydrogen-bond acceptors (Lipinski definition) is 8. The van der Waals surface area contributed by atoms with Crippen LogP contribution in [0.2, 0.25) is 0 Å². The van der Waals surface area contributed by atoms with E-state index < -0.39 is 15.6 Å². The standard InChI is InChI=1S/C16H37NO9P2/c1-2-3-4-5-6-7-8-9-10-11-16-24-28(23,26-27(20,21)22)25-17(12-14-18)13-15-19/h18-19H,2-16H2,1H3,(H2,20,21,22). The number of phosphoric acid groups is 2. The zero-order valence-corrected chi connectivity index (χ0v) is 18.6. The van der Waals surface area contributed by atoms with Crippen LogP contribution in [0.25, 0.3) is 0 Å². The molecule has 0 bridgehead atoms. The third-order valence-electron chi connectivity index (χ3n) is 3.87. The van der Waals surface area contributed by atoms with E-state index in [-0.39, 0.29) is 32.9 Å². The van der Waals surface area contributed by atoms with E-state index >= 15 is 0 Å². The highest BCUT2D eigenvalue weighted by atomic mass is 31.3. The molecule has 0 aliphatic rings. The largest absolute Gasteiger partial charge is 0.500 e. The smallest absolute Gasteiger partial charge is 0.395 e. The number of aliphatic hydroxyl groups is 2. The van der Waals surface area contributed by atoms with E-state index in [2.05, 4.69) is 11.2 Å². The zero-order chi connectivity index (χ0) is 21.3. The summed E-state index contributed by atoms with van der Waals surface area (Å²) in [5.41, 5.74) is 0. The van der Waals surface area contributed by atoms with Crippen molar-refractivity contribution in [2.45, 2.75) is 71.1 Å². The number of nitrogens with zero attached hydrogens (tertiary/aromatic N) is 1. The third kappa shape index (κ3) is 17.0. The maximum atomic E-state index is 12.5. The van der Waals surface area contributed by atoms with Crippen LogP contribution >= 0.6 is 15.6 Å². The van der Waals surface area contributed by atoms with E-state index in [0.29, 0.717) is 6.42 Å². The molecule has 0 saturated carbocycles. The van der Waals surface area contributed by atoms with Gasteiger partial charge in [0.1, 0.15) is 0 Å². The number of rotatable bonds is 20. The first kappa shape index (κ1) is 28.1. The SMILES string of the molecule is CCCCCCCCCCCCOP(=O)(ON(CCO)CCO)OP(=O)(O)O. The molecule has 0 aliphatic carbocycles. The lowest BCUT2D eigenvalue weighted by Gasteiger charge is -2.25. The molecule has 28 heavy (non-hydrogen) atoms. The molecule has 0 aromatic carbocycles. The summed E-state index contributed by atoms with van der Waals surface area (Å²) in [4.78, 5) is 17.9. The monoisotopic (exact) mass is 449 g/mol. The topological polar surface area (TPSA) is 146 Å². The Kier molecular flexibility index (Phi) is 17.0. The van der Waals surface area contributed by atoms with Gasteiger partial charge in [-0.1, -0.05) is 64.7 Å². The van der Waals surface area contributed by atoms with Crippen molar-refractivity contribution < 1.29 is 42.6 Å². The predicted octanol–water partition coefficient (Wildman–Crippen LogP) is 3.36. The molecule has 0 aromatic heterocycles. The van der Waals surface area contributed by atoms with Crippen LogP contribution in [-0.2, 0) is 22.6 Å². The van der Waals surface area contributed by atoms with Gasteiger partial charge in [0.05, 0.1) is 19.8 Å². The molecule has 1 atom stereocenters. The first-order valence-electron chi connectivity index (χ1n) is 9.94. The van der Waals surface area contributed by atoms with Crippen LogP contribution in [0.5, 0.6) is 0 Å². The van der Waals surface area contributed by atoms with Gasteiger partial charge in [0.25, 0.3) is 0 Å². The second-order valence-corrected chi connectivity index (χ2v) is 9.44. The second kappa shape index (κ2) is 16.9. The molecule has 0 saturated heterocycles. The van der Waals surface area contributed by atoms with Crippen LogP contribution in [0.4, 0.5) is 0 Å². The molecular weight excluding hydrogens is 412 g/mol. The molecule has 0 heterocycles. The van der Waals surface area contributed by atoms with Crippen molar-refractivity contribution in [2.24, 2.45) is 0 Å². The highest BCUT2D eigenvalue weighted by Crippen LogP contribution is 2.61. The van der Waals surface area contributed by atoms with Gasteiger partial charge in [-0.05, 0) is 6.42 Å². The Balaban J connectivity index is 4.21. The van der Waals surface area contributed by atoms with Crippen molar-refractivity contribution >= 4 is 15.6 Å².